The van der Waals surface area contributed by atoms with Crippen LogP contribution in [0, 0.1) is 0 Å². The number of aromatic nitrogens is 1. The van der Waals surface area contributed by atoms with Crippen LogP contribution in [0.15, 0.2) is 53.1 Å². The number of rotatable bonds is 5. The van der Waals surface area contributed by atoms with Gasteiger partial charge in [0.2, 0.25) is 0 Å². The molecule has 1 aromatic heterocycles. The number of fused-ring (bicyclic) bond motifs is 1. The zero-order chi connectivity index (χ0) is 18.7. The Bertz CT molecular complexity index is 970. The van der Waals surface area contributed by atoms with E-state index in [1.807, 2.05) is 24.4 Å². The van der Waals surface area contributed by atoms with Crippen molar-refractivity contribution in [1.82, 2.24) is 10.3 Å². The Labute approximate surface area is 163 Å². The summed E-state index contributed by atoms with van der Waals surface area (Å²) in [5.74, 6) is -0.943. The van der Waals surface area contributed by atoms with Gasteiger partial charge in [0.1, 0.15) is 6.04 Å². The smallest absolute Gasteiger partial charge is 0.328 e. The minimum absolute atomic E-state index is 0.291. The van der Waals surface area contributed by atoms with E-state index in [9.17, 15) is 9.59 Å². The van der Waals surface area contributed by atoms with Crippen LogP contribution < -0.4 is 5.32 Å². The molecule has 0 aliphatic carbocycles. The summed E-state index contributed by atoms with van der Waals surface area (Å²) in [6.07, 6.45) is 2.12. The Morgan fingerprint density at radius 3 is 2.77 bits per heavy atom. The van der Waals surface area contributed by atoms with Crippen molar-refractivity contribution in [2.24, 2.45) is 0 Å². The van der Waals surface area contributed by atoms with Gasteiger partial charge in [0.15, 0.2) is 0 Å². The molecule has 0 spiro atoms. The second-order valence-electron chi connectivity index (χ2n) is 5.74. The summed E-state index contributed by atoms with van der Waals surface area (Å²) >= 11 is 9.52. The highest BCUT2D eigenvalue weighted by molar-refractivity contribution is 9.10. The van der Waals surface area contributed by atoms with Gasteiger partial charge in [0.05, 0.1) is 17.7 Å². The first-order valence-corrected chi connectivity index (χ1v) is 9.05. The lowest BCUT2D eigenvalue weighted by atomic mass is 10.0. The Morgan fingerprint density at radius 2 is 2.04 bits per heavy atom. The van der Waals surface area contributed by atoms with E-state index in [1.54, 1.807) is 24.3 Å². The number of esters is 1. The van der Waals surface area contributed by atoms with Crippen LogP contribution in [0.3, 0.4) is 0 Å². The summed E-state index contributed by atoms with van der Waals surface area (Å²) in [5.41, 5.74) is 2.16. The molecule has 0 bridgehead atoms. The predicted octanol–water partition coefficient (Wildman–Crippen LogP) is 4.10. The van der Waals surface area contributed by atoms with Gasteiger partial charge in [-0.1, -0.05) is 39.7 Å². The van der Waals surface area contributed by atoms with Crippen LogP contribution in [-0.2, 0) is 16.0 Å². The van der Waals surface area contributed by atoms with Gasteiger partial charge < -0.3 is 15.0 Å². The van der Waals surface area contributed by atoms with Gasteiger partial charge in [-0.25, -0.2) is 4.79 Å². The number of ether oxygens (including phenoxy) is 1. The van der Waals surface area contributed by atoms with Gasteiger partial charge in [0.25, 0.3) is 5.91 Å². The van der Waals surface area contributed by atoms with Crippen molar-refractivity contribution in [3.8, 4) is 0 Å². The van der Waals surface area contributed by atoms with Gasteiger partial charge in [-0.05, 0) is 35.9 Å². The number of nitrogens with one attached hydrogen (secondary N) is 2. The first-order chi connectivity index (χ1) is 12.5. The van der Waals surface area contributed by atoms with E-state index in [-0.39, 0.29) is 0 Å². The van der Waals surface area contributed by atoms with Gasteiger partial charge in [-0.15, -0.1) is 0 Å². The molecule has 26 heavy (non-hydrogen) atoms. The van der Waals surface area contributed by atoms with Crippen molar-refractivity contribution in [3.63, 3.8) is 0 Å². The van der Waals surface area contributed by atoms with Crippen molar-refractivity contribution < 1.29 is 14.3 Å². The summed E-state index contributed by atoms with van der Waals surface area (Å²) in [4.78, 5) is 27.9. The molecular formula is C19H16BrClN2O3. The Balaban J connectivity index is 1.86. The molecule has 0 aliphatic rings. The summed E-state index contributed by atoms with van der Waals surface area (Å²) < 4.78 is 5.79. The largest absolute Gasteiger partial charge is 0.467 e. The maximum atomic E-state index is 12.5. The second kappa shape index (κ2) is 7.93. The fourth-order valence-electron chi connectivity index (χ4n) is 2.76. The molecule has 7 heteroatoms. The summed E-state index contributed by atoms with van der Waals surface area (Å²) in [5, 5.41) is 4.02. The predicted molar refractivity (Wildman–Crippen MR) is 104 cm³/mol. The molecule has 0 fully saturated rings. The molecule has 3 aromatic rings. The molecule has 134 valence electrons. The maximum absolute atomic E-state index is 12.5. The molecule has 1 heterocycles. The second-order valence-corrected chi connectivity index (χ2v) is 7.06. The number of H-pyrrole nitrogens is 1. The molecule has 2 N–H and O–H groups in total. The first kappa shape index (κ1) is 18.5. The Morgan fingerprint density at radius 1 is 1.27 bits per heavy atom. The van der Waals surface area contributed by atoms with Crippen LogP contribution in [-0.4, -0.2) is 30.0 Å². The standard InChI is InChI=1S/C19H16BrClN2O3/c1-26-19(25)17(23-18(24)13-4-2-3-5-15(13)21)8-11-10-22-16-7-6-12(20)9-14(11)16/h2-7,9-10,17,22H,8H2,1H3,(H,23,24)/t17-/m1/s1. The molecule has 0 aliphatic heterocycles. The molecule has 1 amide bonds. The molecule has 2 aromatic carbocycles. The number of benzene rings is 2. The minimum atomic E-state index is -0.832. The highest BCUT2D eigenvalue weighted by atomic mass is 79.9. The molecule has 0 radical (unpaired) electrons. The molecule has 1 atom stereocenters. The average Bonchev–Trinajstić information content (AvgIpc) is 3.02. The van der Waals surface area contributed by atoms with E-state index in [4.69, 9.17) is 16.3 Å². The van der Waals surface area contributed by atoms with Crippen molar-refractivity contribution in [1.29, 1.82) is 0 Å². The van der Waals surface area contributed by atoms with Crippen molar-refractivity contribution >= 4 is 50.3 Å². The van der Waals surface area contributed by atoms with Crippen molar-refractivity contribution in [2.45, 2.75) is 12.5 Å². The number of carbonyl (C=O) groups excluding carboxylic acids is 2. The minimum Gasteiger partial charge on any atom is -0.467 e. The van der Waals surface area contributed by atoms with Gasteiger partial charge in [-0.3, -0.25) is 4.79 Å². The molecule has 0 saturated heterocycles. The van der Waals surface area contributed by atoms with E-state index < -0.39 is 17.9 Å². The molecule has 5 nitrogen and oxygen atoms in total. The number of aromatic amines is 1. The highest BCUT2D eigenvalue weighted by Gasteiger charge is 2.24. The zero-order valence-electron chi connectivity index (χ0n) is 13.9. The SMILES string of the molecule is COC(=O)[C@@H](Cc1c[nH]c2ccc(Br)cc12)NC(=O)c1ccccc1Cl. The normalized spacial score (nSPS) is 12.0. The number of hydrogen-bond acceptors (Lipinski definition) is 3. The highest BCUT2D eigenvalue weighted by Crippen LogP contribution is 2.24. The monoisotopic (exact) mass is 434 g/mol. The van der Waals surface area contributed by atoms with Crippen molar-refractivity contribution in [2.75, 3.05) is 7.11 Å². The zero-order valence-corrected chi connectivity index (χ0v) is 16.2. The van der Waals surface area contributed by atoms with E-state index in [2.05, 4.69) is 26.2 Å². The van der Waals surface area contributed by atoms with E-state index >= 15 is 0 Å². The van der Waals surface area contributed by atoms with E-state index in [1.165, 1.54) is 7.11 Å². The number of carbonyl (C=O) groups is 2. The van der Waals surface area contributed by atoms with Crippen LogP contribution in [0.4, 0.5) is 0 Å². The van der Waals surface area contributed by atoms with Gasteiger partial charge in [0, 0.05) is 28.0 Å². The summed E-state index contributed by atoms with van der Waals surface area (Å²) in [6, 6.07) is 11.7. The van der Waals surface area contributed by atoms with Gasteiger partial charge in [-0.2, -0.15) is 0 Å². The molecular weight excluding hydrogens is 420 g/mol. The van der Waals surface area contributed by atoms with E-state index in [0.717, 1.165) is 20.9 Å². The van der Waals surface area contributed by atoms with Crippen LogP contribution in [0.5, 0.6) is 0 Å². The third-order valence-electron chi connectivity index (χ3n) is 4.06. The summed E-state index contributed by atoms with van der Waals surface area (Å²) in [7, 11) is 1.29. The fraction of sp³-hybridized carbons (Fsp3) is 0.158. The van der Waals surface area contributed by atoms with E-state index in [0.29, 0.717) is 17.0 Å². The molecule has 3 rings (SSSR count). The molecule has 0 saturated carbocycles. The third-order valence-corrected chi connectivity index (χ3v) is 4.89. The third kappa shape index (κ3) is 3.92. The first-order valence-electron chi connectivity index (χ1n) is 7.88. The van der Waals surface area contributed by atoms with Crippen LogP contribution in [0.1, 0.15) is 15.9 Å². The van der Waals surface area contributed by atoms with Crippen LogP contribution in [0.2, 0.25) is 5.02 Å². The van der Waals surface area contributed by atoms with Crippen LogP contribution in [0.25, 0.3) is 10.9 Å². The van der Waals surface area contributed by atoms with Gasteiger partial charge >= 0.3 is 5.97 Å². The van der Waals surface area contributed by atoms with Crippen LogP contribution >= 0.6 is 27.5 Å². The lowest BCUT2D eigenvalue weighted by Gasteiger charge is -2.17. The average molecular weight is 436 g/mol. The number of amides is 1. The maximum Gasteiger partial charge on any atom is 0.328 e. The Hall–Kier alpha value is -2.31. The number of methoxy groups -OCH3 is 1. The summed E-state index contributed by atoms with van der Waals surface area (Å²) in [6.45, 7) is 0. The van der Waals surface area contributed by atoms with Crippen molar-refractivity contribution in [3.05, 3.63) is 69.3 Å². The topological polar surface area (TPSA) is 71.2 Å². The number of halogens is 2. The Kier molecular flexibility index (Phi) is 5.64. The number of hydrogen-bond donors (Lipinski definition) is 2. The lowest BCUT2D eigenvalue weighted by Crippen LogP contribution is -2.43. The quantitative estimate of drug-likeness (QED) is 0.593. The lowest BCUT2D eigenvalue weighted by molar-refractivity contribution is -0.142. The fourth-order valence-corrected chi connectivity index (χ4v) is 3.34. The molecule has 0 unspecified atom stereocenters.